The normalized spacial score (nSPS) is 18.9. The molecule has 1 saturated heterocycles. The van der Waals surface area contributed by atoms with Crippen molar-refractivity contribution in [2.45, 2.75) is 91.8 Å². The number of piperidine rings is 1. The van der Waals surface area contributed by atoms with Gasteiger partial charge in [-0.1, -0.05) is 0 Å². The summed E-state index contributed by atoms with van der Waals surface area (Å²) in [7, 11) is 0. The number of alkyl halides is 4. The quantitative estimate of drug-likeness (QED) is 0.412. The zero-order chi connectivity index (χ0) is 32.4. The van der Waals surface area contributed by atoms with Crippen LogP contribution in [0.5, 0.6) is 5.75 Å². The number of fused-ring (bicyclic) bond motifs is 1. The molecule has 14 heteroatoms. The molecular formula is C29H40F4N4O6. The molecule has 1 atom stereocenters. The van der Waals surface area contributed by atoms with Gasteiger partial charge in [0.15, 0.2) is 5.60 Å². The number of anilines is 1. The van der Waals surface area contributed by atoms with Crippen molar-refractivity contribution in [3.8, 4) is 5.75 Å². The minimum absolute atomic E-state index is 0.00328. The SMILES string of the molecule is CC(C)N(C(=O)c1cc2c(cc1C(F)F)OC(C)(C)C(=O)N2CCNC(=O)C(F)F)[C@@H]1CCCN(OC(=O)C(C)(C)C)C1. The molecule has 240 valence electrons. The Kier molecular flexibility index (Phi) is 10.4. The Labute approximate surface area is 248 Å². The van der Waals surface area contributed by atoms with E-state index < -0.39 is 65.2 Å². The van der Waals surface area contributed by atoms with Gasteiger partial charge in [-0.05, 0) is 73.4 Å². The third-order valence-corrected chi connectivity index (χ3v) is 7.21. The molecule has 2 aliphatic rings. The van der Waals surface area contributed by atoms with Gasteiger partial charge in [-0.3, -0.25) is 14.4 Å². The van der Waals surface area contributed by atoms with Crippen LogP contribution in [0.3, 0.4) is 0 Å². The van der Waals surface area contributed by atoms with E-state index in [1.54, 1.807) is 34.6 Å². The van der Waals surface area contributed by atoms with Gasteiger partial charge in [-0.2, -0.15) is 8.78 Å². The van der Waals surface area contributed by atoms with Gasteiger partial charge >= 0.3 is 12.4 Å². The highest BCUT2D eigenvalue weighted by Crippen LogP contribution is 2.42. The van der Waals surface area contributed by atoms with E-state index in [1.807, 2.05) is 5.32 Å². The van der Waals surface area contributed by atoms with Crippen molar-refractivity contribution < 1.29 is 46.3 Å². The van der Waals surface area contributed by atoms with Gasteiger partial charge < -0.3 is 24.7 Å². The van der Waals surface area contributed by atoms with Crippen LogP contribution in [-0.2, 0) is 19.2 Å². The highest BCUT2D eigenvalue weighted by Gasteiger charge is 2.43. The minimum atomic E-state index is -3.25. The van der Waals surface area contributed by atoms with E-state index in [9.17, 15) is 36.7 Å². The van der Waals surface area contributed by atoms with Crippen LogP contribution < -0.4 is 15.0 Å². The number of benzene rings is 1. The molecule has 43 heavy (non-hydrogen) atoms. The van der Waals surface area contributed by atoms with Crippen molar-refractivity contribution in [3.63, 3.8) is 0 Å². The average molecular weight is 617 g/mol. The first-order valence-corrected chi connectivity index (χ1v) is 14.2. The smallest absolute Gasteiger partial charge is 0.330 e. The first-order chi connectivity index (χ1) is 19.8. The lowest BCUT2D eigenvalue weighted by Gasteiger charge is -2.42. The number of halogens is 4. The summed E-state index contributed by atoms with van der Waals surface area (Å²) in [6.07, 6.45) is -5.21. The van der Waals surface area contributed by atoms with Crippen LogP contribution in [0.4, 0.5) is 23.2 Å². The number of hydrogen-bond donors (Lipinski definition) is 1. The number of hydroxylamine groups is 2. The number of carbonyl (C=O) groups excluding carboxylic acids is 4. The van der Waals surface area contributed by atoms with E-state index in [0.29, 0.717) is 19.4 Å². The fraction of sp³-hybridized carbons (Fsp3) is 0.655. The molecule has 0 bridgehead atoms. The third-order valence-electron chi connectivity index (χ3n) is 7.21. The fourth-order valence-electron chi connectivity index (χ4n) is 5.03. The molecule has 0 radical (unpaired) electrons. The second-order valence-electron chi connectivity index (χ2n) is 12.5. The largest absolute Gasteiger partial charge is 0.476 e. The lowest BCUT2D eigenvalue weighted by Crippen LogP contribution is -2.55. The summed E-state index contributed by atoms with van der Waals surface area (Å²) < 4.78 is 59.9. The monoisotopic (exact) mass is 616 g/mol. The Hall–Kier alpha value is -3.42. The summed E-state index contributed by atoms with van der Waals surface area (Å²) >= 11 is 0. The average Bonchev–Trinajstić information content (AvgIpc) is 2.89. The molecule has 1 N–H and O–H groups in total. The zero-order valence-corrected chi connectivity index (χ0v) is 25.5. The summed E-state index contributed by atoms with van der Waals surface area (Å²) in [6.45, 7) is 11.5. The highest BCUT2D eigenvalue weighted by atomic mass is 19.3. The number of amides is 3. The van der Waals surface area contributed by atoms with Crippen LogP contribution >= 0.6 is 0 Å². The predicted octanol–water partition coefficient (Wildman–Crippen LogP) is 4.33. The molecule has 0 saturated carbocycles. The van der Waals surface area contributed by atoms with E-state index >= 15 is 0 Å². The first kappa shape index (κ1) is 34.1. The molecule has 1 aromatic rings. The summed E-state index contributed by atoms with van der Waals surface area (Å²) in [5.74, 6) is -3.39. The Morgan fingerprint density at radius 2 is 1.81 bits per heavy atom. The molecule has 1 fully saturated rings. The molecule has 10 nitrogen and oxygen atoms in total. The van der Waals surface area contributed by atoms with Gasteiger partial charge in [0.05, 0.1) is 23.2 Å². The predicted molar refractivity (Wildman–Crippen MR) is 149 cm³/mol. The van der Waals surface area contributed by atoms with Crippen molar-refractivity contribution >= 4 is 29.4 Å². The molecule has 0 spiro atoms. The van der Waals surface area contributed by atoms with Crippen LogP contribution in [0.25, 0.3) is 0 Å². The molecule has 0 aromatic heterocycles. The molecule has 3 rings (SSSR count). The van der Waals surface area contributed by atoms with Crippen molar-refractivity contribution in [1.82, 2.24) is 15.3 Å². The number of nitrogens with zero attached hydrogens (tertiary/aromatic N) is 3. The third kappa shape index (κ3) is 7.76. The standard InChI is InChI=1S/C29H40F4N4O6/c1-16(2)37(17-9-8-11-35(15-17)43-27(41)28(3,4)5)25(39)19-13-20-21(14-18(19)22(30)31)42-29(6,7)26(40)36(20)12-10-34-24(38)23(32)33/h13-14,16-17,22-23H,8-12,15H2,1-7H3,(H,34,38)/t17-/m1/s1. The molecule has 0 aliphatic carbocycles. The number of ether oxygens (including phenoxy) is 1. The van der Waals surface area contributed by atoms with Crippen molar-refractivity contribution in [2.24, 2.45) is 5.41 Å². The first-order valence-electron chi connectivity index (χ1n) is 14.2. The Morgan fingerprint density at radius 1 is 1.16 bits per heavy atom. The second-order valence-corrected chi connectivity index (χ2v) is 12.5. The van der Waals surface area contributed by atoms with E-state index in [1.165, 1.54) is 23.8 Å². The maximum atomic E-state index is 14.4. The topological polar surface area (TPSA) is 108 Å². The Morgan fingerprint density at radius 3 is 2.37 bits per heavy atom. The number of hydrogen-bond acceptors (Lipinski definition) is 7. The second kappa shape index (κ2) is 13.1. The van der Waals surface area contributed by atoms with Gasteiger partial charge in [-0.15, -0.1) is 5.06 Å². The van der Waals surface area contributed by atoms with E-state index in [-0.39, 0.29) is 36.6 Å². The summed E-state index contributed by atoms with van der Waals surface area (Å²) in [6, 6.07) is 1.25. The van der Waals surface area contributed by atoms with Gasteiger partial charge in [0.1, 0.15) is 5.75 Å². The van der Waals surface area contributed by atoms with Crippen LogP contribution in [-0.4, -0.2) is 83.9 Å². The van der Waals surface area contributed by atoms with Gasteiger partial charge in [0, 0.05) is 37.3 Å². The molecule has 2 heterocycles. The molecule has 0 unspecified atom stereocenters. The lowest BCUT2D eigenvalue weighted by molar-refractivity contribution is -0.208. The van der Waals surface area contributed by atoms with E-state index in [4.69, 9.17) is 9.57 Å². The van der Waals surface area contributed by atoms with Crippen LogP contribution in [0, 0.1) is 5.41 Å². The number of carbonyl (C=O) groups is 4. The maximum Gasteiger partial charge on any atom is 0.330 e. The van der Waals surface area contributed by atoms with Crippen molar-refractivity contribution in [1.29, 1.82) is 0 Å². The summed E-state index contributed by atoms with van der Waals surface area (Å²) in [5, 5.41) is 3.50. The van der Waals surface area contributed by atoms with Gasteiger partial charge in [0.25, 0.3) is 24.1 Å². The number of rotatable bonds is 9. The maximum absolute atomic E-state index is 14.4. The van der Waals surface area contributed by atoms with Gasteiger partial charge in [0.2, 0.25) is 0 Å². The Balaban J connectivity index is 1.99. The van der Waals surface area contributed by atoms with E-state index in [2.05, 4.69) is 0 Å². The summed E-state index contributed by atoms with van der Waals surface area (Å²) in [5.41, 5.74) is -3.21. The molecule has 2 aliphatic heterocycles. The number of nitrogens with one attached hydrogen (secondary N) is 1. The van der Waals surface area contributed by atoms with Crippen molar-refractivity contribution in [3.05, 3.63) is 23.3 Å². The van der Waals surface area contributed by atoms with Crippen LogP contribution in [0.15, 0.2) is 12.1 Å². The highest BCUT2D eigenvalue weighted by molar-refractivity contribution is 6.05. The summed E-state index contributed by atoms with van der Waals surface area (Å²) in [4.78, 5) is 59.3. The molecular weight excluding hydrogens is 576 g/mol. The van der Waals surface area contributed by atoms with Crippen LogP contribution in [0.1, 0.15) is 83.7 Å². The van der Waals surface area contributed by atoms with Gasteiger partial charge in [-0.25, -0.2) is 13.6 Å². The minimum Gasteiger partial charge on any atom is -0.476 e. The van der Waals surface area contributed by atoms with Crippen molar-refractivity contribution in [2.75, 3.05) is 31.1 Å². The van der Waals surface area contributed by atoms with E-state index in [0.717, 1.165) is 17.0 Å². The lowest BCUT2D eigenvalue weighted by atomic mass is 9.97. The Bertz CT molecular complexity index is 1230. The zero-order valence-electron chi connectivity index (χ0n) is 25.5. The van der Waals surface area contributed by atoms with Crippen LogP contribution in [0.2, 0.25) is 0 Å². The molecule has 1 aromatic carbocycles. The molecule has 3 amide bonds. The fourth-order valence-corrected chi connectivity index (χ4v) is 5.03.